The number of benzene rings is 1. The molecule has 0 amide bonds. The molecule has 0 saturated carbocycles. The van der Waals surface area contributed by atoms with E-state index in [0.29, 0.717) is 31.3 Å². The van der Waals surface area contributed by atoms with E-state index in [9.17, 15) is 8.42 Å². The molecule has 1 aromatic carbocycles. The van der Waals surface area contributed by atoms with Crippen LogP contribution in [0.1, 0.15) is 25.3 Å². The van der Waals surface area contributed by atoms with Gasteiger partial charge in [0.1, 0.15) is 5.75 Å². The summed E-state index contributed by atoms with van der Waals surface area (Å²) in [6.07, 6.45) is 1.86. The highest BCUT2D eigenvalue weighted by Gasteiger charge is 2.30. The molecule has 0 bridgehead atoms. The lowest BCUT2D eigenvalue weighted by molar-refractivity contribution is 0.269. The van der Waals surface area contributed by atoms with Crippen molar-refractivity contribution in [2.75, 3.05) is 27.2 Å². The SMILES string of the molecule is COc1ccccc1CN(C)S(=O)(=O)N1CCC(C)CC1. The molecule has 0 unspecified atom stereocenters. The van der Waals surface area contributed by atoms with Crippen molar-refractivity contribution >= 4 is 10.2 Å². The fourth-order valence-electron chi connectivity index (χ4n) is 2.57. The number of nitrogens with zero attached hydrogens (tertiary/aromatic N) is 2. The van der Waals surface area contributed by atoms with Gasteiger partial charge >= 0.3 is 0 Å². The van der Waals surface area contributed by atoms with Crippen molar-refractivity contribution in [3.63, 3.8) is 0 Å². The van der Waals surface area contributed by atoms with Gasteiger partial charge in [0, 0.05) is 32.2 Å². The fourth-order valence-corrected chi connectivity index (χ4v) is 3.94. The minimum atomic E-state index is -3.40. The quantitative estimate of drug-likeness (QED) is 0.836. The van der Waals surface area contributed by atoms with Crippen LogP contribution in [-0.2, 0) is 16.8 Å². The Hall–Kier alpha value is -1.11. The first-order valence-corrected chi connectivity index (χ1v) is 8.68. The predicted molar refractivity (Wildman–Crippen MR) is 83.4 cm³/mol. The summed E-state index contributed by atoms with van der Waals surface area (Å²) in [5.74, 6) is 1.32. The molecule has 1 aliphatic heterocycles. The minimum Gasteiger partial charge on any atom is -0.496 e. The molecule has 0 aliphatic carbocycles. The number of hydrogen-bond acceptors (Lipinski definition) is 3. The third kappa shape index (κ3) is 3.75. The van der Waals surface area contributed by atoms with Gasteiger partial charge in [-0.05, 0) is 24.8 Å². The standard InChI is InChI=1S/C15H24N2O3S/c1-13-8-10-17(11-9-13)21(18,19)16(2)12-14-6-4-5-7-15(14)20-3/h4-7,13H,8-12H2,1-3H3. The Morgan fingerprint density at radius 1 is 1.29 bits per heavy atom. The molecule has 118 valence electrons. The van der Waals surface area contributed by atoms with Crippen LogP contribution in [0.15, 0.2) is 24.3 Å². The lowest BCUT2D eigenvalue weighted by atomic mass is 10.0. The molecule has 0 aromatic heterocycles. The van der Waals surface area contributed by atoms with Crippen molar-refractivity contribution in [3.05, 3.63) is 29.8 Å². The van der Waals surface area contributed by atoms with Crippen LogP contribution in [0.3, 0.4) is 0 Å². The molecule has 1 heterocycles. The maximum Gasteiger partial charge on any atom is 0.282 e. The van der Waals surface area contributed by atoms with E-state index in [1.165, 1.54) is 4.31 Å². The molecule has 21 heavy (non-hydrogen) atoms. The molecular formula is C15H24N2O3S. The molecule has 5 nitrogen and oxygen atoms in total. The molecule has 1 aliphatic rings. The van der Waals surface area contributed by atoms with Crippen molar-refractivity contribution in [2.24, 2.45) is 5.92 Å². The summed E-state index contributed by atoms with van der Waals surface area (Å²) in [5, 5.41) is 0. The van der Waals surface area contributed by atoms with E-state index in [0.717, 1.165) is 18.4 Å². The van der Waals surface area contributed by atoms with E-state index in [1.54, 1.807) is 18.5 Å². The number of methoxy groups -OCH3 is 1. The molecule has 0 spiro atoms. The first kappa shape index (κ1) is 16.3. The van der Waals surface area contributed by atoms with Gasteiger partial charge in [0.25, 0.3) is 10.2 Å². The smallest absolute Gasteiger partial charge is 0.282 e. The second kappa shape index (κ2) is 6.77. The highest BCUT2D eigenvalue weighted by atomic mass is 32.2. The molecule has 1 saturated heterocycles. The van der Waals surface area contributed by atoms with E-state index >= 15 is 0 Å². The number of para-hydroxylation sites is 1. The fraction of sp³-hybridized carbons (Fsp3) is 0.600. The summed E-state index contributed by atoms with van der Waals surface area (Å²) in [6, 6.07) is 7.51. The Bertz CT molecular complexity index is 566. The Balaban J connectivity index is 2.10. The second-order valence-corrected chi connectivity index (χ2v) is 7.69. The van der Waals surface area contributed by atoms with E-state index in [-0.39, 0.29) is 0 Å². The van der Waals surface area contributed by atoms with Crippen molar-refractivity contribution in [1.82, 2.24) is 8.61 Å². The van der Waals surface area contributed by atoms with Gasteiger partial charge in [-0.2, -0.15) is 17.0 Å². The zero-order valence-corrected chi connectivity index (χ0v) is 13.8. The molecule has 1 aromatic rings. The summed E-state index contributed by atoms with van der Waals surface area (Å²) >= 11 is 0. The summed E-state index contributed by atoms with van der Waals surface area (Å²) in [5.41, 5.74) is 0.872. The van der Waals surface area contributed by atoms with Crippen molar-refractivity contribution < 1.29 is 13.2 Å². The maximum atomic E-state index is 12.6. The predicted octanol–water partition coefficient (Wildman–Crippen LogP) is 2.10. The summed E-state index contributed by atoms with van der Waals surface area (Å²) in [6.45, 7) is 3.71. The summed E-state index contributed by atoms with van der Waals surface area (Å²) < 4.78 is 33.5. The average molecular weight is 312 g/mol. The largest absolute Gasteiger partial charge is 0.496 e. The third-order valence-electron chi connectivity index (χ3n) is 4.05. The van der Waals surface area contributed by atoms with Crippen molar-refractivity contribution in [1.29, 1.82) is 0 Å². The van der Waals surface area contributed by atoms with Gasteiger partial charge in [0.15, 0.2) is 0 Å². The van der Waals surface area contributed by atoms with Gasteiger partial charge in [-0.3, -0.25) is 0 Å². The third-order valence-corrected chi connectivity index (χ3v) is 5.98. The number of rotatable bonds is 5. The van der Waals surface area contributed by atoms with Crippen molar-refractivity contribution in [2.45, 2.75) is 26.3 Å². The van der Waals surface area contributed by atoms with E-state index in [1.807, 2.05) is 24.3 Å². The van der Waals surface area contributed by atoms with E-state index < -0.39 is 10.2 Å². The lowest BCUT2D eigenvalue weighted by Crippen LogP contribution is -2.45. The highest BCUT2D eigenvalue weighted by Crippen LogP contribution is 2.23. The molecule has 0 radical (unpaired) electrons. The van der Waals surface area contributed by atoms with Crippen LogP contribution >= 0.6 is 0 Å². The first-order chi connectivity index (χ1) is 9.95. The number of ether oxygens (including phenoxy) is 1. The van der Waals surface area contributed by atoms with Crippen LogP contribution in [0.2, 0.25) is 0 Å². The number of hydrogen-bond donors (Lipinski definition) is 0. The Morgan fingerprint density at radius 2 is 1.90 bits per heavy atom. The van der Waals surface area contributed by atoms with E-state index in [4.69, 9.17) is 4.74 Å². The van der Waals surface area contributed by atoms with Gasteiger partial charge in [0.05, 0.1) is 7.11 Å². The van der Waals surface area contributed by atoms with Crippen LogP contribution in [0.5, 0.6) is 5.75 Å². The molecule has 0 atom stereocenters. The van der Waals surface area contributed by atoms with Gasteiger partial charge in [-0.25, -0.2) is 0 Å². The Labute approximate surface area is 127 Å². The maximum absolute atomic E-state index is 12.6. The van der Waals surface area contributed by atoms with E-state index in [2.05, 4.69) is 6.92 Å². The number of piperidine rings is 1. The zero-order valence-electron chi connectivity index (χ0n) is 12.9. The minimum absolute atomic E-state index is 0.318. The average Bonchev–Trinajstić information content (AvgIpc) is 2.48. The Kier molecular flexibility index (Phi) is 5.24. The van der Waals surface area contributed by atoms with Crippen LogP contribution < -0.4 is 4.74 Å². The molecule has 2 rings (SSSR count). The lowest BCUT2D eigenvalue weighted by Gasteiger charge is -2.32. The second-order valence-electron chi connectivity index (χ2n) is 5.66. The van der Waals surface area contributed by atoms with Gasteiger partial charge < -0.3 is 4.74 Å². The highest BCUT2D eigenvalue weighted by molar-refractivity contribution is 7.86. The van der Waals surface area contributed by atoms with Crippen LogP contribution in [0, 0.1) is 5.92 Å². The van der Waals surface area contributed by atoms with Gasteiger partial charge in [-0.1, -0.05) is 25.1 Å². The summed E-state index contributed by atoms with van der Waals surface area (Å²) in [7, 11) is -0.176. The molecule has 6 heteroatoms. The Morgan fingerprint density at radius 3 is 2.52 bits per heavy atom. The van der Waals surface area contributed by atoms with Crippen LogP contribution in [-0.4, -0.2) is 44.3 Å². The first-order valence-electron chi connectivity index (χ1n) is 7.28. The monoisotopic (exact) mass is 312 g/mol. The molecule has 0 N–H and O–H groups in total. The van der Waals surface area contributed by atoms with Crippen LogP contribution in [0.25, 0.3) is 0 Å². The summed E-state index contributed by atoms with van der Waals surface area (Å²) in [4.78, 5) is 0. The molecular weight excluding hydrogens is 288 g/mol. The van der Waals surface area contributed by atoms with Gasteiger partial charge in [0.2, 0.25) is 0 Å². The topological polar surface area (TPSA) is 49.9 Å². The van der Waals surface area contributed by atoms with Crippen LogP contribution in [0.4, 0.5) is 0 Å². The normalized spacial score (nSPS) is 18.1. The van der Waals surface area contributed by atoms with Crippen molar-refractivity contribution in [3.8, 4) is 5.75 Å². The van der Waals surface area contributed by atoms with Gasteiger partial charge in [-0.15, -0.1) is 0 Å². The zero-order chi connectivity index (χ0) is 15.5. The molecule has 1 fully saturated rings.